The van der Waals surface area contributed by atoms with Gasteiger partial charge in [0.05, 0.1) is 18.8 Å². The lowest BCUT2D eigenvalue weighted by molar-refractivity contribution is -0.263. The fourth-order valence-corrected chi connectivity index (χ4v) is 2.99. The van der Waals surface area contributed by atoms with Crippen LogP contribution in [0, 0.1) is 0 Å². The maximum Gasteiger partial charge on any atom is 0.333 e. The number of hydrogen-bond donors (Lipinski definition) is 0. The molecular formula is C16H27NO4. The van der Waals surface area contributed by atoms with Crippen LogP contribution in [0.15, 0.2) is 12.2 Å². The van der Waals surface area contributed by atoms with Crippen LogP contribution < -0.4 is 0 Å². The number of carbonyl (C=O) groups excluding carboxylic acids is 1. The summed E-state index contributed by atoms with van der Waals surface area (Å²) in [4.78, 5) is 13.5. The molecule has 21 heavy (non-hydrogen) atoms. The van der Waals surface area contributed by atoms with E-state index in [0.717, 1.165) is 45.4 Å². The van der Waals surface area contributed by atoms with E-state index in [2.05, 4.69) is 25.3 Å². The zero-order valence-electron chi connectivity index (χ0n) is 13.4. The van der Waals surface area contributed by atoms with Crippen molar-refractivity contribution in [3.63, 3.8) is 0 Å². The molecule has 0 saturated carbocycles. The first kappa shape index (κ1) is 16.5. The fourth-order valence-electron chi connectivity index (χ4n) is 2.99. The van der Waals surface area contributed by atoms with E-state index >= 15 is 0 Å². The fraction of sp³-hybridized carbons (Fsp3) is 0.812. The lowest BCUT2D eigenvalue weighted by Crippen LogP contribution is -2.40. The molecule has 1 unspecified atom stereocenters. The maximum absolute atomic E-state index is 11.2. The molecular weight excluding hydrogens is 270 g/mol. The Bertz CT molecular complexity index is 407. The highest BCUT2D eigenvalue weighted by atomic mass is 16.7. The van der Waals surface area contributed by atoms with E-state index in [1.165, 1.54) is 0 Å². The Morgan fingerprint density at radius 1 is 1.33 bits per heavy atom. The first-order chi connectivity index (χ1) is 9.85. The van der Waals surface area contributed by atoms with Crippen molar-refractivity contribution >= 4 is 5.97 Å². The number of fused-ring (bicyclic) bond motifs is 1. The van der Waals surface area contributed by atoms with Gasteiger partial charge in [-0.3, -0.25) is 0 Å². The number of rotatable bonds is 7. The van der Waals surface area contributed by atoms with Crippen molar-refractivity contribution in [3.8, 4) is 0 Å². The zero-order valence-corrected chi connectivity index (χ0v) is 13.4. The summed E-state index contributed by atoms with van der Waals surface area (Å²) in [6.45, 7) is 12.5. The lowest BCUT2D eigenvalue weighted by Gasteiger charge is -2.30. The summed E-state index contributed by atoms with van der Waals surface area (Å²) in [6, 6.07) is 0. The SMILES string of the molecule is C=C(C)C(=O)OCCCCCC12OCCN1CC(C)(C)O2. The Morgan fingerprint density at radius 3 is 2.81 bits per heavy atom. The minimum Gasteiger partial charge on any atom is -0.462 e. The van der Waals surface area contributed by atoms with Crippen LogP contribution >= 0.6 is 0 Å². The highest BCUT2D eigenvalue weighted by molar-refractivity contribution is 5.86. The Hall–Kier alpha value is -0.910. The predicted molar refractivity (Wildman–Crippen MR) is 79.7 cm³/mol. The van der Waals surface area contributed by atoms with Crippen molar-refractivity contribution < 1.29 is 19.0 Å². The van der Waals surface area contributed by atoms with Crippen LogP contribution in [0.2, 0.25) is 0 Å². The Labute approximate surface area is 127 Å². The summed E-state index contributed by atoms with van der Waals surface area (Å²) in [7, 11) is 0. The summed E-state index contributed by atoms with van der Waals surface area (Å²) in [6.07, 6.45) is 3.72. The summed E-state index contributed by atoms with van der Waals surface area (Å²) in [5, 5.41) is 0. The largest absolute Gasteiger partial charge is 0.462 e. The molecule has 1 atom stereocenters. The van der Waals surface area contributed by atoms with Crippen LogP contribution in [-0.4, -0.2) is 48.7 Å². The summed E-state index contributed by atoms with van der Waals surface area (Å²) in [5.74, 6) is -0.822. The van der Waals surface area contributed by atoms with Gasteiger partial charge >= 0.3 is 5.97 Å². The molecule has 2 aliphatic rings. The Morgan fingerprint density at radius 2 is 2.10 bits per heavy atom. The molecule has 0 spiro atoms. The zero-order chi connectivity index (χ0) is 15.5. The number of ether oxygens (including phenoxy) is 3. The van der Waals surface area contributed by atoms with Gasteiger partial charge in [-0.1, -0.05) is 6.58 Å². The van der Waals surface area contributed by atoms with E-state index in [1.807, 2.05) is 0 Å². The Balaban J connectivity index is 1.67. The van der Waals surface area contributed by atoms with Gasteiger partial charge in [0.25, 0.3) is 0 Å². The number of carbonyl (C=O) groups is 1. The van der Waals surface area contributed by atoms with Crippen molar-refractivity contribution in [2.75, 3.05) is 26.3 Å². The average Bonchev–Trinajstić information content (AvgIpc) is 2.85. The predicted octanol–water partition coefficient (Wildman–Crippen LogP) is 2.46. The van der Waals surface area contributed by atoms with E-state index in [-0.39, 0.29) is 11.6 Å². The monoisotopic (exact) mass is 297 g/mol. The molecule has 0 bridgehead atoms. The van der Waals surface area contributed by atoms with Crippen LogP contribution in [-0.2, 0) is 19.0 Å². The van der Waals surface area contributed by atoms with Gasteiger partial charge in [-0.05, 0) is 40.0 Å². The molecule has 2 aliphatic heterocycles. The first-order valence-corrected chi connectivity index (χ1v) is 7.76. The molecule has 0 radical (unpaired) electrons. The van der Waals surface area contributed by atoms with Crippen LogP contribution in [0.1, 0.15) is 46.5 Å². The van der Waals surface area contributed by atoms with Gasteiger partial charge in [0, 0.05) is 25.1 Å². The number of unbranched alkanes of at least 4 members (excludes halogenated alkanes) is 2. The third-order valence-corrected chi connectivity index (χ3v) is 3.90. The van der Waals surface area contributed by atoms with Gasteiger partial charge in [0.15, 0.2) is 0 Å². The number of nitrogens with zero attached hydrogens (tertiary/aromatic N) is 1. The van der Waals surface area contributed by atoms with E-state index in [9.17, 15) is 4.79 Å². The van der Waals surface area contributed by atoms with E-state index in [4.69, 9.17) is 14.2 Å². The lowest BCUT2D eigenvalue weighted by atomic mass is 10.1. The first-order valence-electron chi connectivity index (χ1n) is 7.76. The van der Waals surface area contributed by atoms with Crippen molar-refractivity contribution in [1.82, 2.24) is 4.90 Å². The van der Waals surface area contributed by atoms with Crippen molar-refractivity contribution in [2.45, 2.75) is 58.0 Å². The van der Waals surface area contributed by atoms with Gasteiger partial charge in [-0.25, -0.2) is 9.69 Å². The van der Waals surface area contributed by atoms with Crippen LogP contribution in [0.5, 0.6) is 0 Å². The van der Waals surface area contributed by atoms with Gasteiger partial charge < -0.3 is 14.2 Å². The summed E-state index contributed by atoms with van der Waals surface area (Å²) in [5.41, 5.74) is 0.308. The van der Waals surface area contributed by atoms with E-state index in [1.54, 1.807) is 6.92 Å². The molecule has 120 valence electrons. The van der Waals surface area contributed by atoms with Gasteiger partial charge in [-0.2, -0.15) is 0 Å². The molecule has 0 aliphatic carbocycles. The molecule has 2 fully saturated rings. The molecule has 0 aromatic carbocycles. The van der Waals surface area contributed by atoms with Crippen LogP contribution in [0.3, 0.4) is 0 Å². The molecule has 5 nitrogen and oxygen atoms in total. The Kier molecular flexibility index (Phi) is 5.07. The smallest absolute Gasteiger partial charge is 0.333 e. The molecule has 0 amide bonds. The standard InChI is InChI=1S/C16H27NO4/c1-13(2)14(18)19-10-7-5-6-8-16-17(9-11-20-16)12-15(3,4)21-16/h1,5-12H2,2-4H3. The van der Waals surface area contributed by atoms with E-state index < -0.39 is 5.91 Å². The van der Waals surface area contributed by atoms with Gasteiger partial charge in [0.2, 0.25) is 5.91 Å². The molecule has 2 rings (SSSR count). The second-order valence-corrected chi connectivity index (χ2v) is 6.57. The van der Waals surface area contributed by atoms with Crippen LogP contribution in [0.25, 0.3) is 0 Å². The van der Waals surface area contributed by atoms with Gasteiger partial charge in [-0.15, -0.1) is 0 Å². The van der Waals surface area contributed by atoms with Crippen molar-refractivity contribution in [2.24, 2.45) is 0 Å². The maximum atomic E-state index is 11.2. The normalized spacial score (nSPS) is 27.6. The average molecular weight is 297 g/mol. The topological polar surface area (TPSA) is 48.0 Å². The summed E-state index contributed by atoms with van der Waals surface area (Å²) >= 11 is 0. The molecule has 2 heterocycles. The number of hydrogen-bond acceptors (Lipinski definition) is 5. The van der Waals surface area contributed by atoms with Crippen molar-refractivity contribution in [3.05, 3.63) is 12.2 Å². The third-order valence-electron chi connectivity index (χ3n) is 3.90. The molecule has 5 heteroatoms. The minimum absolute atomic E-state index is 0.141. The number of esters is 1. The minimum atomic E-state index is -0.516. The van der Waals surface area contributed by atoms with Crippen molar-refractivity contribution in [1.29, 1.82) is 0 Å². The molecule has 0 aromatic rings. The molecule has 2 saturated heterocycles. The van der Waals surface area contributed by atoms with Gasteiger partial charge in [0.1, 0.15) is 0 Å². The highest BCUT2D eigenvalue weighted by Gasteiger charge is 2.53. The second-order valence-electron chi connectivity index (χ2n) is 6.57. The molecule has 0 N–H and O–H groups in total. The molecule has 0 aromatic heterocycles. The third kappa shape index (κ3) is 4.05. The quantitative estimate of drug-likeness (QED) is 0.410. The van der Waals surface area contributed by atoms with Crippen LogP contribution in [0.4, 0.5) is 0 Å². The highest BCUT2D eigenvalue weighted by Crippen LogP contribution is 2.41. The summed E-state index contributed by atoms with van der Waals surface area (Å²) < 4.78 is 17.1. The van der Waals surface area contributed by atoms with E-state index in [0.29, 0.717) is 12.2 Å². The second kappa shape index (κ2) is 6.46.